The number of hydrogen-bond acceptors (Lipinski definition) is 6. The Balaban J connectivity index is 2.69. The van der Waals surface area contributed by atoms with E-state index in [4.69, 9.17) is 44.9 Å². The molecule has 5 nitrogen and oxygen atoms in total. The monoisotopic (exact) mass is 323 g/mol. The van der Waals surface area contributed by atoms with E-state index in [1.807, 2.05) is 0 Å². The number of hydrogen-bond donors (Lipinski definition) is 4. The summed E-state index contributed by atoms with van der Waals surface area (Å²) >= 11 is 17.3. The van der Waals surface area contributed by atoms with E-state index in [0.29, 0.717) is 0 Å². The molecule has 0 spiro atoms. The summed E-state index contributed by atoms with van der Waals surface area (Å²) in [4.78, 5) is 0. The molecule has 1 rings (SSSR count). The van der Waals surface area contributed by atoms with Crippen LogP contribution in [0.2, 0.25) is 0 Å². The largest absolute Gasteiger partial charge is 0.461 e. The predicted molar refractivity (Wildman–Crippen MR) is 68.0 cm³/mol. The molecule has 5 atom stereocenters. The summed E-state index contributed by atoms with van der Waals surface area (Å²) in [6, 6.07) is 0. The number of nitrogens with one attached hydrogen (secondary N) is 1. The van der Waals surface area contributed by atoms with Crippen LogP contribution in [0.3, 0.4) is 0 Å². The third-order valence-corrected chi connectivity index (χ3v) is 4.17. The molecule has 9 heteroatoms. The quantitative estimate of drug-likeness (QED) is 0.327. The first-order valence-electron chi connectivity index (χ1n) is 4.66. The Labute approximate surface area is 118 Å². The van der Waals surface area contributed by atoms with Gasteiger partial charge in [0.15, 0.2) is 5.44 Å². The molecular formula is C8H12Cl3NO4S. The van der Waals surface area contributed by atoms with Crippen molar-refractivity contribution in [1.29, 1.82) is 5.41 Å². The minimum absolute atomic E-state index is 0.374. The maximum Gasteiger partial charge on any atom is 0.265 e. The molecule has 100 valence electrons. The lowest BCUT2D eigenvalue weighted by Crippen LogP contribution is -2.53. The van der Waals surface area contributed by atoms with Crippen LogP contribution in [0.4, 0.5) is 0 Å². The van der Waals surface area contributed by atoms with Gasteiger partial charge in [-0.3, -0.25) is 5.41 Å². The highest BCUT2D eigenvalue weighted by Crippen LogP contribution is 2.36. The van der Waals surface area contributed by atoms with Crippen molar-refractivity contribution in [2.24, 2.45) is 0 Å². The fourth-order valence-electron chi connectivity index (χ4n) is 1.29. The molecule has 0 aromatic heterocycles. The summed E-state index contributed by atoms with van der Waals surface area (Å²) in [5, 5.41) is 35.7. The molecule has 1 aliphatic rings. The second-order valence-electron chi connectivity index (χ2n) is 3.63. The molecule has 0 saturated carbocycles. The van der Waals surface area contributed by atoms with Gasteiger partial charge in [-0.15, -0.1) is 11.8 Å². The number of thioether (sulfide) groups is 1. The van der Waals surface area contributed by atoms with Gasteiger partial charge in [0, 0.05) is 5.25 Å². The SMILES string of the molecule is C[C@@H]1SC(OC(=N)C(Cl)(Cl)Cl)[C@@H](O)[C@H](O)[C@@H]1O. The smallest absolute Gasteiger partial charge is 0.265 e. The maximum absolute atomic E-state index is 9.66. The van der Waals surface area contributed by atoms with Gasteiger partial charge in [0.2, 0.25) is 5.90 Å². The van der Waals surface area contributed by atoms with Crippen LogP contribution in [-0.4, -0.2) is 54.0 Å². The molecule has 1 fully saturated rings. The number of alkyl halides is 3. The first kappa shape index (κ1) is 15.6. The number of ether oxygens (including phenoxy) is 1. The first-order chi connectivity index (χ1) is 7.64. The summed E-state index contributed by atoms with van der Waals surface area (Å²) in [7, 11) is 0. The summed E-state index contributed by atoms with van der Waals surface area (Å²) in [6.45, 7) is 1.65. The van der Waals surface area contributed by atoms with Crippen molar-refractivity contribution in [3.8, 4) is 0 Å². The van der Waals surface area contributed by atoms with E-state index < -0.39 is 33.4 Å². The van der Waals surface area contributed by atoms with Crippen molar-refractivity contribution in [1.82, 2.24) is 0 Å². The lowest BCUT2D eigenvalue weighted by atomic mass is 10.1. The highest BCUT2D eigenvalue weighted by atomic mass is 35.6. The van der Waals surface area contributed by atoms with Crippen LogP contribution < -0.4 is 0 Å². The first-order valence-corrected chi connectivity index (χ1v) is 6.74. The Hall–Kier alpha value is 0.570. The average Bonchev–Trinajstić information content (AvgIpc) is 2.21. The molecule has 0 bridgehead atoms. The molecule has 1 unspecified atom stereocenters. The topological polar surface area (TPSA) is 93.8 Å². The Morgan fingerprint density at radius 2 is 1.71 bits per heavy atom. The molecular weight excluding hydrogens is 313 g/mol. The highest BCUT2D eigenvalue weighted by Gasteiger charge is 2.44. The van der Waals surface area contributed by atoms with Crippen LogP contribution in [0.5, 0.6) is 0 Å². The van der Waals surface area contributed by atoms with E-state index in [1.54, 1.807) is 6.92 Å². The van der Waals surface area contributed by atoms with Gasteiger partial charge >= 0.3 is 0 Å². The summed E-state index contributed by atoms with van der Waals surface area (Å²) in [5.41, 5.74) is -0.966. The second-order valence-corrected chi connectivity index (χ2v) is 7.39. The fourth-order valence-corrected chi connectivity index (χ4v) is 2.65. The number of rotatable bonds is 1. The van der Waals surface area contributed by atoms with Crippen LogP contribution in [0.15, 0.2) is 0 Å². The predicted octanol–water partition coefficient (Wildman–Crippen LogP) is 0.895. The Morgan fingerprint density at radius 3 is 2.18 bits per heavy atom. The van der Waals surface area contributed by atoms with E-state index in [-0.39, 0.29) is 5.25 Å². The third kappa shape index (κ3) is 3.76. The van der Waals surface area contributed by atoms with Gasteiger partial charge in [0.05, 0.1) is 6.10 Å². The summed E-state index contributed by atoms with van der Waals surface area (Å²) in [5.74, 6) is -0.644. The molecule has 17 heavy (non-hydrogen) atoms. The minimum Gasteiger partial charge on any atom is -0.461 e. The van der Waals surface area contributed by atoms with Crippen molar-refractivity contribution in [2.75, 3.05) is 0 Å². The highest BCUT2D eigenvalue weighted by molar-refractivity contribution is 8.00. The van der Waals surface area contributed by atoms with Gasteiger partial charge in [0.1, 0.15) is 12.2 Å². The zero-order valence-corrected chi connectivity index (χ0v) is 11.8. The molecule has 1 aliphatic heterocycles. The van der Waals surface area contributed by atoms with Crippen molar-refractivity contribution < 1.29 is 20.1 Å². The molecule has 0 aliphatic carbocycles. The van der Waals surface area contributed by atoms with Gasteiger partial charge < -0.3 is 20.1 Å². The average molecular weight is 325 g/mol. The Bertz CT molecular complexity index is 301. The van der Waals surface area contributed by atoms with Crippen molar-refractivity contribution >= 4 is 52.5 Å². The Morgan fingerprint density at radius 1 is 1.18 bits per heavy atom. The zero-order chi connectivity index (χ0) is 13.4. The fraction of sp³-hybridized carbons (Fsp3) is 0.875. The molecule has 4 N–H and O–H groups in total. The normalized spacial score (nSPS) is 38.9. The van der Waals surface area contributed by atoms with Crippen molar-refractivity contribution in [3.63, 3.8) is 0 Å². The van der Waals surface area contributed by atoms with Crippen LogP contribution in [0.25, 0.3) is 0 Å². The van der Waals surface area contributed by atoms with Gasteiger partial charge in [-0.25, -0.2) is 0 Å². The van der Waals surface area contributed by atoms with E-state index in [9.17, 15) is 15.3 Å². The van der Waals surface area contributed by atoms with Crippen molar-refractivity contribution in [3.05, 3.63) is 0 Å². The van der Waals surface area contributed by atoms with Crippen LogP contribution in [-0.2, 0) is 4.74 Å². The van der Waals surface area contributed by atoms with Gasteiger partial charge in [0.25, 0.3) is 3.79 Å². The van der Waals surface area contributed by atoms with E-state index in [0.717, 1.165) is 11.8 Å². The second kappa shape index (κ2) is 5.69. The maximum atomic E-state index is 9.66. The number of aliphatic hydroxyl groups excluding tert-OH is 3. The van der Waals surface area contributed by atoms with Crippen LogP contribution in [0, 0.1) is 5.41 Å². The molecule has 1 saturated heterocycles. The lowest BCUT2D eigenvalue weighted by Gasteiger charge is -2.38. The standard InChI is InChI=1S/C8H12Cl3NO4S/c1-2-3(13)4(14)5(15)6(17-2)16-7(12)8(9,10)11/h2-6,12-15H,1H3/t2-,3+,4+,5-,6?/m0/s1. The Kier molecular flexibility index (Phi) is 5.23. The number of halogens is 3. The van der Waals surface area contributed by atoms with E-state index in [2.05, 4.69) is 0 Å². The third-order valence-electron chi connectivity index (χ3n) is 2.30. The van der Waals surface area contributed by atoms with Crippen LogP contribution >= 0.6 is 46.6 Å². The van der Waals surface area contributed by atoms with E-state index >= 15 is 0 Å². The molecule has 0 aromatic rings. The zero-order valence-electron chi connectivity index (χ0n) is 8.68. The molecule has 0 aromatic carbocycles. The van der Waals surface area contributed by atoms with Gasteiger partial charge in [-0.2, -0.15) is 0 Å². The van der Waals surface area contributed by atoms with Crippen LogP contribution in [0.1, 0.15) is 6.92 Å². The summed E-state index contributed by atoms with van der Waals surface area (Å²) < 4.78 is 2.96. The van der Waals surface area contributed by atoms with Crippen molar-refractivity contribution in [2.45, 2.75) is 39.7 Å². The van der Waals surface area contributed by atoms with Gasteiger partial charge in [-0.05, 0) is 0 Å². The van der Waals surface area contributed by atoms with Gasteiger partial charge in [-0.1, -0.05) is 41.7 Å². The molecule has 0 amide bonds. The lowest BCUT2D eigenvalue weighted by molar-refractivity contribution is -0.0886. The number of aliphatic hydroxyl groups is 3. The molecule has 0 radical (unpaired) electrons. The summed E-state index contributed by atoms with van der Waals surface area (Å²) in [6.07, 6.45) is -3.80. The minimum atomic E-state index is -2.02. The van der Waals surface area contributed by atoms with E-state index in [1.165, 1.54) is 0 Å². The molecule has 1 heterocycles.